The molecule has 0 aliphatic carbocycles. The number of aryl methyl sites for hydroxylation is 1. The molecule has 0 aromatic carbocycles. The number of hydrogen-bond donors (Lipinski definition) is 1. The number of rotatable bonds is 7. The highest BCUT2D eigenvalue weighted by Gasteiger charge is 2.14. The van der Waals surface area contributed by atoms with Crippen LogP contribution in [0.4, 0.5) is 0 Å². The van der Waals surface area contributed by atoms with Crippen LogP contribution in [0.3, 0.4) is 0 Å². The summed E-state index contributed by atoms with van der Waals surface area (Å²) < 4.78 is 8.69. The van der Waals surface area contributed by atoms with Crippen LogP contribution in [0.1, 0.15) is 28.7 Å². The van der Waals surface area contributed by atoms with Crippen molar-refractivity contribution < 1.29 is 9.53 Å². The maximum atomic E-state index is 12.5. The summed E-state index contributed by atoms with van der Waals surface area (Å²) in [6.07, 6.45) is 5.23. The molecule has 0 spiro atoms. The van der Waals surface area contributed by atoms with Crippen LogP contribution in [0.15, 0.2) is 30.7 Å². The van der Waals surface area contributed by atoms with Gasteiger partial charge in [0.05, 0.1) is 25.0 Å². The SMILES string of the molecule is CCOCCn1nc(C)cc1C(=O)NCc1cnn2cccnc12. The molecule has 3 aromatic heterocycles. The minimum Gasteiger partial charge on any atom is -0.380 e. The van der Waals surface area contributed by atoms with Gasteiger partial charge >= 0.3 is 0 Å². The third-order valence-electron chi connectivity index (χ3n) is 3.58. The minimum absolute atomic E-state index is 0.178. The van der Waals surface area contributed by atoms with Crippen molar-refractivity contribution in [1.82, 2.24) is 29.7 Å². The van der Waals surface area contributed by atoms with Crippen molar-refractivity contribution >= 4 is 11.6 Å². The summed E-state index contributed by atoms with van der Waals surface area (Å²) in [4.78, 5) is 16.8. The third kappa shape index (κ3) is 3.43. The van der Waals surface area contributed by atoms with E-state index in [4.69, 9.17) is 4.74 Å². The van der Waals surface area contributed by atoms with E-state index >= 15 is 0 Å². The van der Waals surface area contributed by atoms with E-state index in [0.717, 1.165) is 16.9 Å². The lowest BCUT2D eigenvalue weighted by Gasteiger charge is -2.08. The zero-order chi connectivity index (χ0) is 16.9. The monoisotopic (exact) mass is 328 g/mol. The predicted octanol–water partition coefficient (Wildman–Crippen LogP) is 1.20. The molecule has 0 aliphatic rings. The first-order valence-corrected chi connectivity index (χ1v) is 7.86. The van der Waals surface area contributed by atoms with E-state index in [1.165, 1.54) is 0 Å². The van der Waals surface area contributed by atoms with E-state index in [0.29, 0.717) is 32.0 Å². The maximum Gasteiger partial charge on any atom is 0.269 e. The van der Waals surface area contributed by atoms with Crippen molar-refractivity contribution in [3.8, 4) is 0 Å². The molecule has 3 aromatic rings. The van der Waals surface area contributed by atoms with Gasteiger partial charge < -0.3 is 10.1 Å². The van der Waals surface area contributed by atoms with Gasteiger partial charge in [-0.05, 0) is 26.0 Å². The van der Waals surface area contributed by atoms with Gasteiger partial charge in [0.15, 0.2) is 5.65 Å². The highest BCUT2D eigenvalue weighted by molar-refractivity contribution is 5.92. The summed E-state index contributed by atoms with van der Waals surface area (Å²) in [6.45, 7) is 5.87. The first kappa shape index (κ1) is 16.1. The normalized spacial score (nSPS) is 11.1. The lowest BCUT2D eigenvalue weighted by atomic mass is 10.3. The van der Waals surface area contributed by atoms with E-state index in [-0.39, 0.29) is 5.91 Å². The molecule has 0 fully saturated rings. The van der Waals surface area contributed by atoms with Gasteiger partial charge in [-0.2, -0.15) is 10.2 Å². The van der Waals surface area contributed by atoms with Crippen molar-refractivity contribution in [3.63, 3.8) is 0 Å². The predicted molar refractivity (Wildman–Crippen MR) is 87.6 cm³/mol. The molecule has 0 unspecified atom stereocenters. The van der Waals surface area contributed by atoms with Crippen LogP contribution < -0.4 is 5.32 Å². The van der Waals surface area contributed by atoms with E-state index in [2.05, 4.69) is 20.5 Å². The second-order valence-corrected chi connectivity index (χ2v) is 5.33. The lowest BCUT2D eigenvalue weighted by Crippen LogP contribution is -2.26. The number of carbonyl (C=O) groups excluding carboxylic acids is 1. The summed E-state index contributed by atoms with van der Waals surface area (Å²) in [6, 6.07) is 3.58. The Kier molecular flexibility index (Phi) is 4.85. The summed E-state index contributed by atoms with van der Waals surface area (Å²) in [7, 11) is 0. The maximum absolute atomic E-state index is 12.5. The zero-order valence-electron chi connectivity index (χ0n) is 13.8. The fraction of sp³-hybridized carbons (Fsp3) is 0.375. The largest absolute Gasteiger partial charge is 0.380 e. The van der Waals surface area contributed by atoms with Crippen LogP contribution in [0, 0.1) is 6.92 Å². The van der Waals surface area contributed by atoms with Crippen molar-refractivity contribution in [2.75, 3.05) is 13.2 Å². The van der Waals surface area contributed by atoms with Crippen molar-refractivity contribution in [2.24, 2.45) is 0 Å². The molecule has 0 atom stereocenters. The first-order valence-electron chi connectivity index (χ1n) is 7.86. The summed E-state index contributed by atoms with van der Waals surface area (Å²) >= 11 is 0. The van der Waals surface area contributed by atoms with Gasteiger partial charge in [-0.3, -0.25) is 9.48 Å². The van der Waals surface area contributed by atoms with Crippen molar-refractivity contribution in [1.29, 1.82) is 0 Å². The molecule has 0 radical (unpaired) electrons. The average molecular weight is 328 g/mol. The molecule has 0 bridgehead atoms. The fourth-order valence-electron chi connectivity index (χ4n) is 2.46. The van der Waals surface area contributed by atoms with E-state index in [1.54, 1.807) is 27.7 Å². The van der Waals surface area contributed by atoms with E-state index in [9.17, 15) is 4.79 Å². The summed E-state index contributed by atoms with van der Waals surface area (Å²) in [5, 5.41) is 11.5. The van der Waals surface area contributed by atoms with Crippen LogP contribution in [0.25, 0.3) is 5.65 Å². The number of fused-ring (bicyclic) bond motifs is 1. The Morgan fingerprint density at radius 2 is 2.29 bits per heavy atom. The zero-order valence-corrected chi connectivity index (χ0v) is 13.8. The third-order valence-corrected chi connectivity index (χ3v) is 3.58. The average Bonchev–Trinajstić information content (AvgIpc) is 3.16. The summed E-state index contributed by atoms with van der Waals surface area (Å²) in [5.74, 6) is -0.178. The van der Waals surface area contributed by atoms with Crippen LogP contribution in [-0.2, 0) is 17.8 Å². The lowest BCUT2D eigenvalue weighted by molar-refractivity contribution is 0.0933. The first-order chi connectivity index (χ1) is 11.7. The van der Waals surface area contributed by atoms with Crippen molar-refractivity contribution in [2.45, 2.75) is 26.9 Å². The number of aromatic nitrogens is 5. The molecule has 1 N–H and O–H groups in total. The molecule has 8 heteroatoms. The van der Waals surface area contributed by atoms with Gasteiger partial charge in [0.1, 0.15) is 5.69 Å². The second kappa shape index (κ2) is 7.22. The minimum atomic E-state index is -0.178. The van der Waals surface area contributed by atoms with Gasteiger partial charge in [-0.1, -0.05) is 0 Å². The molecule has 1 amide bonds. The molecule has 0 saturated carbocycles. The highest BCUT2D eigenvalue weighted by Crippen LogP contribution is 2.08. The van der Waals surface area contributed by atoms with Crippen LogP contribution in [0.2, 0.25) is 0 Å². The number of nitrogens with zero attached hydrogens (tertiary/aromatic N) is 5. The molecule has 8 nitrogen and oxygen atoms in total. The number of nitrogens with one attached hydrogen (secondary N) is 1. The Hall–Kier alpha value is -2.74. The standard InChI is InChI=1S/C16H20N6O2/c1-3-24-8-7-21-14(9-12(2)20-21)16(23)18-10-13-11-19-22-6-4-5-17-15(13)22/h4-6,9,11H,3,7-8,10H2,1-2H3,(H,18,23). The number of amides is 1. The Morgan fingerprint density at radius 1 is 1.42 bits per heavy atom. The van der Waals surface area contributed by atoms with Gasteiger partial charge in [-0.15, -0.1) is 0 Å². The van der Waals surface area contributed by atoms with Crippen LogP contribution >= 0.6 is 0 Å². The van der Waals surface area contributed by atoms with Gasteiger partial charge in [0.25, 0.3) is 5.91 Å². The van der Waals surface area contributed by atoms with Gasteiger partial charge in [0.2, 0.25) is 0 Å². The Morgan fingerprint density at radius 3 is 3.12 bits per heavy atom. The Bertz CT molecular complexity index is 838. The molecule has 0 saturated heterocycles. The number of ether oxygens (including phenoxy) is 1. The molecule has 126 valence electrons. The molecule has 3 heterocycles. The van der Waals surface area contributed by atoms with Crippen molar-refractivity contribution in [3.05, 3.63) is 47.7 Å². The highest BCUT2D eigenvalue weighted by atomic mass is 16.5. The van der Waals surface area contributed by atoms with Crippen LogP contribution in [0.5, 0.6) is 0 Å². The molecular formula is C16H20N6O2. The molecule has 0 aliphatic heterocycles. The van der Waals surface area contributed by atoms with E-state index in [1.807, 2.05) is 26.1 Å². The molecular weight excluding hydrogens is 308 g/mol. The van der Waals surface area contributed by atoms with Gasteiger partial charge in [-0.25, -0.2) is 9.50 Å². The molecule has 24 heavy (non-hydrogen) atoms. The Labute approximate surface area is 139 Å². The second-order valence-electron chi connectivity index (χ2n) is 5.33. The van der Waals surface area contributed by atoms with Gasteiger partial charge in [0, 0.05) is 31.1 Å². The summed E-state index contributed by atoms with van der Waals surface area (Å²) in [5.41, 5.74) is 2.92. The quantitative estimate of drug-likeness (QED) is 0.659. The topological polar surface area (TPSA) is 86.3 Å². The fourth-order valence-corrected chi connectivity index (χ4v) is 2.46. The van der Waals surface area contributed by atoms with E-state index < -0.39 is 0 Å². The number of carbonyl (C=O) groups is 1. The smallest absolute Gasteiger partial charge is 0.269 e. The Balaban J connectivity index is 1.69. The van der Waals surface area contributed by atoms with Crippen LogP contribution in [-0.4, -0.2) is 43.5 Å². The number of hydrogen-bond acceptors (Lipinski definition) is 5. The molecule has 3 rings (SSSR count).